The van der Waals surface area contributed by atoms with Crippen molar-refractivity contribution in [2.75, 3.05) is 14.1 Å². The summed E-state index contributed by atoms with van der Waals surface area (Å²) in [5, 5.41) is 0. The summed E-state index contributed by atoms with van der Waals surface area (Å²) in [5.74, 6) is -0.269. The van der Waals surface area contributed by atoms with Crippen LogP contribution in [0.3, 0.4) is 0 Å². The topological polar surface area (TPSA) is 66.1 Å². The predicted molar refractivity (Wildman–Crippen MR) is 47.6 cm³/mol. The zero-order chi connectivity index (χ0) is 10.0. The van der Waals surface area contributed by atoms with Gasteiger partial charge in [0.25, 0.3) is 5.91 Å². The Kier molecular flexibility index (Phi) is 2.46. The molecule has 5 nitrogen and oxygen atoms in total. The molecule has 13 heavy (non-hydrogen) atoms. The number of aromatic amines is 1. The van der Waals surface area contributed by atoms with Gasteiger partial charge in [-0.1, -0.05) is 0 Å². The fourth-order valence-electron chi connectivity index (χ4n) is 0.918. The van der Waals surface area contributed by atoms with E-state index in [4.69, 9.17) is 0 Å². The number of nitrogens with one attached hydrogen (secondary N) is 1. The van der Waals surface area contributed by atoms with Gasteiger partial charge in [-0.15, -0.1) is 0 Å². The molecule has 5 heteroatoms. The number of H-pyrrole nitrogens is 1. The smallest absolute Gasteiger partial charge is 0.343 e. The second kappa shape index (κ2) is 3.38. The Hall–Kier alpha value is -1.65. The highest BCUT2D eigenvalue weighted by molar-refractivity contribution is 5.91. The van der Waals surface area contributed by atoms with Crippen LogP contribution in [0.5, 0.6) is 0 Å². The van der Waals surface area contributed by atoms with Crippen LogP contribution in [0.25, 0.3) is 0 Å². The van der Waals surface area contributed by atoms with Gasteiger partial charge in [0, 0.05) is 19.8 Å². The summed E-state index contributed by atoms with van der Waals surface area (Å²) >= 11 is 0. The molecule has 1 rings (SSSR count). The zero-order valence-electron chi connectivity index (χ0n) is 7.79. The van der Waals surface area contributed by atoms with Crippen molar-refractivity contribution < 1.29 is 4.79 Å². The number of nitrogens with zero attached hydrogens (tertiary/aromatic N) is 2. The highest BCUT2D eigenvalue weighted by atomic mass is 16.2. The largest absolute Gasteiger partial charge is 0.345 e. The predicted octanol–water partition coefficient (Wildman–Crippen LogP) is -0.220. The van der Waals surface area contributed by atoms with E-state index in [1.54, 1.807) is 27.1 Å². The number of carbonyl (C=O) groups is 1. The molecular weight excluding hydrogens is 170 g/mol. The van der Waals surface area contributed by atoms with Gasteiger partial charge in [-0.25, -0.2) is 4.79 Å². The number of carbonyl (C=O) groups excluding carboxylic acids is 1. The highest BCUT2D eigenvalue weighted by Gasteiger charge is 2.10. The van der Waals surface area contributed by atoms with Crippen molar-refractivity contribution in [2.45, 2.75) is 6.92 Å². The summed E-state index contributed by atoms with van der Waals surface area (Å²) in [6.07, 6.45) is 0. The molecule has 0 saturated heterocycles. The minimum atomic E-state index is -0.495. The van der Waals surface area contributed by atoms with Crippen molar-refractivity contribution in [1.82, 2.24) is 14.9 Å². The molecule has 1 aromatic heterocycles. The van der Waals surface area contributed by atoms with E-state index in [0.717, 1.165) is 0 Å². The first-order valence-electron chi connectivity index (χ1n) is 3.80. The van der Waals surface area contributed by atoms with Crippen molar-refractivity contribution >= 4 is 5.91 Å². The third kappa shape index (κ3) is 2.14. The number of aryl methyl sites for hydroxylation is 1. The molecule has 0 radical (unpaired) electrons. The summed E-state index contributed by atoms with van der Waals surface area (Å²) < 4.78 is 0. The molecule has 0 atom stereocenters. The number of hydrogen-bond acceptors (Lipinski definition) is 3. The molecule has 1 aromatic rings. The fraction of sp³-hybridized carbons (Fsp3) is 0.375. The lowest BCUT2D eigenvalue weighted by molar-refractivity contribution is 0.0821. The molecule has 0 aromatic carbocycles. The second-order valence-electron chi connectivity index (χ2n) is 2.95. The van der Waals surface area contributed by atoms with Gasteiger partial charge >= 0.3 is 5.69 Å². The molecule has 0 bridgehead atoms. The van der Waals surface area contributed by atoms with E-state index in [9.17, 15) is 9.59 Å². The monoisotopic (exact) mass is 181 g/mol. The Morgan fingerprint density at radius 1 is 1.54 bits per heavy atom. The van der Waals surface area contributed by atoms with Gasteiger partial charge in [-0.2, -0.15) is 4.98 Å². The molecule has 0 aliphatic rings. The first kappa shape index (κ1) is 9.44. The third-order valence-corrected chi connectivity index (χ3v) is 1.50. The maximum Gasteiger partial charge on any atom is 0.345 e. The van der Waals surface area contributed by atoms with E-state index < -0.39 is 5.69 Å². The Morgan fingerprint density at radius 2 is 2.15 bits per heavy atom. The molecule has 0 aliphatic heterocycles. The lowest BCUT2D eigenvalue weighted by atomic mass is 10.3. The molecule has 0 saturated carbocycles. The summed E-state index contributed by atoms with van der Waals surface area (Å²) in [6.45, 7) is 1.70. The van der Waals surface area contributed by atoms with Crippen LogP contribution in [0, 0.1) is 6.92 Å². The van der Waals surface area contributed by atoms with E-state index in [-0.39, 0.29) is 11.6 Å². The van der Waals surface area contributed by atoms with Crippen LogP contribution < -0.4 is 5.69 Å². The van der Waals surface area contributed by atoms with Crippen molar-refractivity contribution in [3.63, 3.8) is 0 Å². The van der Waals surface area contributed by atoms with E-state index in [1.165, 1.54) is 4.90 Å². The van der Waals surface area contributed by atoms with Crippen LogP contribution in [0.4, 0.5) is 0 Å². The lowest BCUT2D eigenvalue weighted by Crippen LogP contribution is -2.26. The van der Waals surface area contributed by atoms with Crippen molar-refractivity contribution in [2.24, 2.45) is 0 Å². The Labute approximate surface area is 75.4 Å². The summed E-state index contributed by atoms with van der Waals surface area (Å²) in [4.78, 5) is 29.7. The fourth-order valence-corrected chi connectivity index (χ4v) is 0.918. The molecule has 0 spiro atoms. The van der Waals surface area contributed by atoms with Crippen LogP contribution in [0.15, 0.2) is 10.9 Å². The van der Waals surface area contributed by atoms with E-state index in [2.05, 4.69) is 9.97 Å². The quantitative estimate of drug-likeness (QED) is 0.651. The lowest BCUT2D eigenvalue weighted by Gasteiger charge is -2.08. The molecule has 1 amide bonds. The second-order valence-corrected chi connectivity index (χ2v) is 2.95. The Morgan fingerprint density at radius 3 is 2.62 bits per heavy atom. The minimum absolute atomic E-state index is 0.172. The summed E-state index contributed by atoms with van der Waals surface area (Å²) in [7, 11) is 3.22. The van der Waals surface area contributed by atoms with Crippen LogP contribution in [-0.4, -0.2) is 34.9 Å². The molecule has 1 N–H and O–H groups in total. The molecule has 1 heterocycles. The van der Waals surface area contributed by atoms with Gasteiger partial charge < -0.3 is 9.88 Å². The summed E-state index contributed by atoms with van der Waals surface area (Å²) in [5.41, 5.74) is 0.307. The standard InChI is InChI=1S/C8H11N3O2/c1-5-4-6(7(12)11(2)3)10-8(13)9-5/h4H,1-3H3,(H,9,10,13). The average molecular weight is 181 g/mol. The van der Waals surface area contributed by atoms with Gasteiger partial charge in [-0.05, 0) is 13.0 Å². The Balaban J connectivity index is 3.16. The molecule has 0 fully saturated rings. The number of hydrogen-bond donors (Lipinski definition) is 1. The van der Waals surface area contributed by atoms with Crippen LogP contribution in [0.1, 0.15) is 16.2 Å². The van der Waals surface area contributed by atoms with E-state index >= 15 is 0 Å². The van der Waals surface area contributed by atoms with Crippen LogP contribution >= 0.6 is 0 Å². The van der Waals surface area contributed by atoms with Gasteiger partial charge in [0.05, 0.1) is 0 Å². The maximum absolute atomic E-state index is 11.4. The van der Waals surface area contributed by atoms with Gasteiger partial charge in [0.1, 0.15) is 5.69 Å². The van der Waals surface area contributed by atoms with E-state index in [1.807, 2.05) is 0 Å². The molecule has 70 valence electrons. The van der Waals surface area contributed by atoms with Gasteiger partial charge in [-0.3, -0.25) is 4.79 Å². The minimum Gasteiger partial charge on any atom is -0.343 e. The van der Waals surface area contributed by atoms with Crippen molar-refractivity contribution in [3.05, 3.63) is 27.9 Å². The average Bonchev–Trinajstić information content (AvgIpc) is 2.01. The molecule has 0 unspecified atom stereocenters. The third-order valence-electron chi connectivity index (χ3n) is 1.50. The van der Waals surface area contributed by atoms with Gasteiger partial charge in [0.2, 0.25) is 0 Å². The van der Waals surface area contributed by atoms with Gasteiger partial charge in [0.15, 0.2) is 0 Å². The Bertz CT molecular complexity index is 381. The van der Waals surface area contributed by atoms with Crippen molar-refractivity contribution in [1.29, 1.82) is 0 Å². The zero-order valence-corrected chi connectivity index (χ0v) is 7.79. The highest BCUT2D eigenvalue weighted by Crippen LogP contribution is 1.96. The first-order valence-corrected chi connectivity index (χ1v) is 3.80. The summed E-state index contributed by atoms with van der Waals surface area (Å²) in [6, 6.07) is 1.55. The number of rotatable bonds is 1. The normalized spacial score (nSPS) is 9.77. The van der Waals surface area contributed by atoms with Crippen molar-refractivity contribution in [3.8, 4) is 0 Å². The molecule has 0 aliphatic carbocycles. The number of aromatic nitrogens is 2. The number of amides is 1. The van der Waals surface area contributed by atoms with Crippen LogP contribution in [-0.2, 0) is 0 Å². The maximum atomic E-state index is 11.4. The first-order chi connectivity index (χ1) is 6.00. The molecular formula is C8H11N3O2. The SMILES string of the molecule is Cc1cc(C(=O)N(C)C)nc(=O)[nH]1. The van der Waals surface area contributed by atoms with Crippen LogP contribution in [0.2, 0.25) is 0 Å². The van der Waals surface area contributed by atoms with E-state index in [0.29, 0.717) is 5.69 Å².